The van der Waals surface area contributed by atoms with Gasteiger partial charge in [-0.05, 0) is 12.8 Å². The van der Waals surface area contributed by atoms with E-state index in [0.29, 0.717) is 0 Å². The molecule has 4 aromatic rings. The van der Waals surface area contributed by atoms with Crippen molar-refractivity contribution in [2.75, 3.05) is 0 Å². The Morgan fingerprint density at radius 1 is 0.581 bits per heavy atom. The van der Waals surface area contributed by atoms with Gasteiger partial charge in [0.15, 0.2) is 0 Å². The van der Waals surface area contributed by atoms with E-state index in [2.05, 4.69) is 98.0 Å². The van der Waals surface area contributed by atoms with Gasteiger partial charge in [0.2, 0.25) is 0 Å². The van der Waals surface area contributed by atoms with Crippen LogP contribution in [0.2, 0.25) is 13.1 Å². The van der Waals surface area contributed by atoms with Crippen LogP contribution in [0.4, 0.5) is 0 Å². The van der Waals surface area contributed by atoms with E-state index in [4.69, 9.17) is 0 Å². The topological polar surface area (TPSA) is 0 Å². The summed E-state index contributed by atoms with van der Waals surface area (Å²) in [5.74, 6) is 0. The second kappa shape index (κ2) is 12.5. The molecule has 0 nitrogen and oxygen atoms in total. The maximum Gasteiger partial charge on any atom is 0.0213 e. The third-order valence-electron chi connectivity index (χ3n) is 5.23. The molecular weight excluding hydrogens is 519 g/mol. The number of hydrogen-bond donors (Lipinski definition) is 0. The van der Waals surface area contributed by atoms with Crippen molar-refractivity contribution in [1.29, 1.82) is 0 Å². The molecule has 2 aliphatic rings. The summed E-state index contributed by atoms with van der Waals surface area (Å²) in [6.45, 7) is 4.42. The first-order chi connectivity index (χ1) is 14.3. The van der Waals surface area contributed by atoms with E-state index in [1.54, 1.807) is 0 Å². The van der Waals surface area contributed by atoms with Gasteiger partial charge in [0.1, 0.15) is 0 Å². The first kappa shape index (κ1) is 25.8. The molecule has 0 fully saturated rings. The molecule has 0 aliphatic heterocycles. The smallest absolute Gasteiger partial charge is 0.0213 e. The third kappa shape index (κ3) is 5.85. The fourth-order valence-electron chi connectivity index (χ4n) is 4.00. The minimum Gasteiger partial charge on any atom is -0.179 e. The Bertz CT molecular complexity index is 947. The monoisotopic (exact) mass is 542 g/mol. The van der Waals surface area contributed by atoms with Crippen LogP contribution in [0.25, 0.3) is 22.3 Å². The maximum absolute atomic E-state index is 3.30. The van der Waals surface area contributed by atoms with E-state index < -0.39 is 0 Å². The molecule has 0 spiro atoms. The predicted molar refractivity (Wildman–Crippen MR) is 132 cm³/mol. The van der Waals surface area contributed by atoms with Crippen molar-refractivity contribution in [1.82, 2.24) is 0 Å². The molecule has 4 aromatic carbocycles. The van der Waals surface area contributed by atoms with Crippen LogP contribution >= 0.6 is 0 Å². The maximum atomic E-state index is 3.30. The van der Waals surface area contributed by atoms with Crippen LogP contribution in [0, 0.1) is 53.0 Å². The fraction of sp³-hybridized carbons (Fsp3) is 0.143. The van der Waals surface area contributed by atoms with E-state index >= 15 is 0 Å². The summed E-state index contributed by atoms with van der Waals surface area (Å²) in [5, 5.41) is 0. The third-order valence-corrected chi connectivity index (χ3v) is 5.23. The van der Waals surface area contributed by atoms with Gasteiger partial charge in [-0.2, -0.15) is 59.7 Å². The molecule has 0 saturated heterocycles. The molecule has 0 aromatic heterocycles. The summed E-state index contributed by atoms with van der Waals surface area (Å²) in [5.41, 5.74) is 11.0. The van der Waals surface area contributed by atoms with E-state index in [9.17, 15) is 0 Å². The summed E-state index contributed by atoms with van der Waals surface area (Å²) in [4.78, 5) is 0. The first-order valence-electron chi connectivity index (χ1n) is 10.2. The number of hydrogen-bond acceptors (Lipinski definition) is 0. The summed E-state index contributed by atoms with van der Waals surface area (Å²) in [7, 11) is 0.750. The van der Waals surface area contributed by atoms with Gasteiger partial charge in [-0.3, -0.25) is 0 Å². The molecule has 3 heteroatoms. The van der Waals surface area contributed by atoms with Gasteiger partial charge < -0.3 is 0 Å². The Balaban J connectivity index is 0.000000185. The molecule has 0 unspecified atom stereocenters. The number of rotatable bonds is 0. The Labute approximate surface area is 224 Å². The van der Waals surface area contributed by atoms with Gasteiger partial charge in [0, 0.05) is 58.8 Å². The van der Waals surface area contributed by atoms with Gasteiger partial charge in [-0.1, -0.05) is 83.9 Å². The van der Waals surface area contributed by atoms with Crippen LogP contribution in [0.15, 0.2) is 84.9 Å². The molecule has 0 N–H and O–H groups in total. The Morgan fingerprint density at radius 2 is 0.935 bits per heavy atom. The fourth-order valence-corrected chi connectivity index (χ4v) is 4.00. The zero-order valence-corrected chi connectivity index (χ0v) is 22.5. The predicted octanol–water partition coefficient (Wildman–Crippen LogP) is 6.25. The van der Waals surface area contributed by atoms with E-state index in [1.807, 2.05) is 12.1 Å². The summed E-state index contributed by atoms with van der Waals surface area (Å²) in [6.07, 6.45) is 2.10. The van der Waals surface area contributed by atoms with Crippen LogP contribution in [0.3, 0.4) is 0 Å². The van der Waals surface area contributed by atoms with Crippen molar-refractivity contribution < 1.29 is 40.8 Å². The van der Waals surface area contributed by atoms with Crippen LogP contribution in [-0.2, 0) is 12.8 Å². The molecular formula is C28H25BNdSi-2. The molecule has 0 heterocycles. The Morgan fingerprint density at radius 3 is 1.35 bits per heavy atom. The van der Waals surface area contributed by atoms with Crippen molar-refractivity contribution in [2.24, 2.45) is 0 Å². The molecule has 31 heavy (non-hydrogen) atoms. The number of benzene rings is 4. The Kier molecular flexibility index (Phi) is 10.4. The van der Waals surface area contributed by atoms with E-state index in [0.717, 1.165) is 22.4 Å². The van der Waals surface area contributed by atoms with Crippen molar-refractivity contribution in [3.8, 4) is 22.3 Å². The largest absolute Gasteiger partial charge is 0.179 e. The van der Waals surface area contributed by atoms with Crippen LogP contribution < -0.4 is 0 Å². The molecule has 6 rings (SSSR count). The van der Waals surface area contributed by atoms with Gasteiger partial charge in [0.25, 0.3) is 0 Å². The van der Waals surface area contributed by atoms with Crippen molar-refractivity contribution in [3.05, 3.63) is 119 Å². The van der Waals surface area contributed by atoms with Crippen LogP contribution in [0.1, 0.15) is 22.3 Å². The quantitative estimate of drug-likeness (QED) is 0.157. The molecule has 2 aliphatic carbocycles. The van der Waals surface area contributed by atoms with Crippen molar-refractivity contribution in [3.63, 3.8) is 0 Å². The second-order valence-corrected chi connectivity index (χ2v) is 8.52. The molecule has 0 amide bonds. The second-order valence-electron chi connectivity index (χ2n) is 7.37. The summed E-state index contributed by atoms with van der Waals surface area (Å²) in [6, 6.07) is 36.2. The average molecular weight is 545 g/mol. The summed E-state index contributed by atoms with van der Waals surface area (Å²) >= 11 is 0. The molecule has 0 bridgehead atoms. The average Bonchev–Trinajstić information content (AvgIpc) is 3.33. The van der Waals surface area contributed by atoms with Crippen molar-refractivity contribution in [2.45, 2.75) is 25.9 Å². The minimum absolute atomic E-state index is 0. The zero-order chi connectivity index (χ0) is 20.1. The molecule has 150 valence electrons. The van der Waals surface area contributed by atoms with Gasteiger partial charge in [-0.25, -0.2) is 0 Å². The molecule has 0 saturated carbocycles. The Hall–Kier alpha value is -1.49. The van der Waals surface area contributed by atoms with Gasteiger partial charge in [-0.15, -0.1) is 11.1 Å². The van der Waals surface area contributed by atoms with Gasteiger partial charge in [0.05, 0.1) is 0 Å². The van der Waals surface area contributed by atoms with Crippen LogP contribution in [-0.4, -0.2) is 17.9 Å². The van der Waals surface area contributed by atoms with Gasteiger partial charge >= 0.3 is 0 Å². The minimum atomic E-state index is 0. The SMILES string of the molecule is C[SiH]C.[B].[Nd].[c-]1cccc2c1Cc1ccccc1-2.[c-]1cccc2c1Cc1ccccc1-2. The number of fused-ring (bicyclic) bond motifs is 6. The zero-order valence-electron chi connectivity index (χ0n) is 18.2. The molecule has 0 atom stereocenters. The van der Waals surface area contributed by atoms with E-state index in [1.165, 1.54) is 44.5 Å². The normalized spacial score (nSPS) is 10.9. The van der Waals surface area contributed by atoms with E-state index in [-0.39, 0.29) is 49.3 Å². The van der Waals surface area contributed by atoms with Crippen molar-refractivity contribution >= 4 is 17.9 Å². The summed E-state index contributed by atoms with van der Waals surface area (Å²) < 4.78 is 0. The standard InChI is InChI=1S/2C13H9.C2H7Si.B.Nd/c2*1-3-7-12-10(5-1)9-11-6-2-4-8-13(11)12;1-3-2;;/h2*1-5,7-8H,9H2;3H,1-2H3;;/q2*-1;;;. The van der Waals surface area contributed by atoms with Crippen LogP contribution in [0.5, 0.6) is 0 Å². The molecule has 4 radical (unpaired) electrons. The first-order valence-corrected chi connectivity index (χ1v) is 12.5.